The van der Waals surface area contributed by atoms with Gasteiger partial charge in [-0.05, 0) is 74.2 Å². The van der Waals surface area contributed by atoms with E-state index in [0.717, 1.165) is 44.0 Å². The molecule has 10 nitrogen and oxygen atoms in total. The Morgan fingerprint density at radius 3 is 2.35 bits per heavy atom. The lowest BCUT2D eigenvalue weighted by Gasteiger charge is -2.17. The number of likely N-dealkylation sites (tertiary alicyclic amines) is 1. The van der Waals surface area contributed by atoms with Crippen molar-refractivity contribution in [1.82, 2.24) is 4.90 Å². The van der Waals surface area contributed by atoms with Crippen molar-refractivity contribution in [2.45, 2.75) is 39.7 Å². The van der Waals surface area contributed by atoms with Gasteiger partial charge in [-0.25, -0.2) is 0 Å². The maximum Gasteiger partial charge on any atom is 0.254 e. The molecular formula is C30H33N4O6-. The lowest BCUT2D eigenvalue weighted by atomic mass is 10.0. The van der Waals surface area contributed by atoms with Crippen LogP contribution in [0.2, 0.25) is 0 Å². The molecule has 10 heteroatoms. The van der Waals surface area contributed by atoms with Crippen LogP contribution in [-0.2, 0) is 22.6 Å². The van der Waals surface area contributed by atoms with E-state index in [0.29, 0.717) is 34.7 Å². The predicted molar refractivity (Wildman–Crippen MR) is 149 cm³/mol. The molecule has 2 amide bonds. The first-order chi connectivity index (χ1) is 19.2. The summed E-state index contributed by atoms with van der Waals surface area (Å²) in [6, 6.07) is 20.1. The van der Waals surface area contributed by atoms with Crippen LogP contribution in [0.3, 0.4) is 0 Å². The predicted octanol–water partition coefficient (Wildman–Crippen LogP) is 2.84. The number of nitrogens with two attached hydrogens (primary N) is 1. The van der Waals surface area contributed by atoms with Crippen molar-refractivity contribution < 1.29 is 29.4 Å². The van der Waals surface area contributed by atoms with Gasteiger partial charge in [-0.3, -0.25) is 9.59 Å². The van der Waals surface area contributed by atoms with Crippen LogP contribution in [0.5, 0.6) is 5.75 Å². The van der Waals surface area contributed by atoms with Crippen molar-refractivity contribution >= 4 is 29.3 Å². The van der Waals surface area contributed by atoms with E-state index in [2.05, 4.69) is 10.5 Å². The maximum absolute atomic E-state index is 12.9. The van der Waals surface area contributed by atoms with Crippen molar-refractivity contribution in [1.29, 1.82) is 0 Å². The van der Waals surface area contributed by atoms with Gasteiger partial charge in [0.2, 0.25) is 5.91 Å². The first-order valence-electron chi connectivity index (χ1n) is 12.8. The zero-order valence-electron chi connectivity index (χ0n) is 22.6. The molecule has 0 saturated carbocycles. The minimum absolute atomic E-state index is 0.0180. The number of hydrogen-bond donors (Lipinski definition) is 3. The van der Waals surface area contributed by atoms with Gasteiger partial charge in [-0.15, -0.1) is 0 Å². The SMILES string of the molecule is CC(=O)[O-].Cc1cc(NC(=O)Cc2cc(C(N)=NO)ccc2OCc2ccccc2)ccc1C(=O)N1CCCC1. The third-order valence-corrected chi connectivity index (χ3v) is 6.19. The van der Waals surface area contributed by atoms with E-state index in [1.54, 1.807) is 36.4 Å². The molecule has 0 atom stereocenters. The van der Waals surface area contributed by atoms with Crippen LogP contribution in [0.25, 0.3) is 0 Å². The number of nitrogens with one attached hydrogen (secondary N) is 1. The van der Waals surface area contributed by atoms with Crippen LogP contribution in [0, 0.1) is 6.92 Å². The molecule has 210 valence electrons. The molecule has 1 saturated heterocycles. The molecule has 0 aromatic heterocycles. The standard InChI is InChI=1S/C28H30N4O4.C2H4O2/c1-19-15-23(10-11-24(19)28(34)32-13-5-6-14-32)30-26(33)17-22-16-21(27(29)31-35)9-12-25(22)36-18-20-7-3-2-4-8-20;1-2(3)4/h2-4,7-12,15-16,35H,5-6,13-14,17-18H2,1H3,(H2,29,31)(H,30,33);1H3,(H,3,4)/p-1. The van der Waals surface area contributed by atoms with Crippen LogP contribution < -0.4 is 20.9 Å². The second-order valence-corrected chi connectivity index (χ2v) is 9.33. The Morgan fingerprint density at radius 2 is 1.73 bits per heavy atom. The topological polar surface area (TPSA) is 157 Å². The van der Waals surface area contributed by atoms with Gasteiger partial charge in [0.25, 0.3) is 5.91 Å². The van der Waals surface area contributed by atoms with E-state index in [9.17, 15) is 9.59 Å². The van der Waals surface area contributed by atoms with Crippen LogP contribution in [0.15, 0.2) is 71.9 Å². The summed E-state index contributed by atoms with van der Waals surface area (Å²) in [6.45, 7) is 4.76. The number of benzene rings is 3. The van der Waals surface area contributed by atoms with Crippen molar-refractivity contribution in [3.05, 3.63) is 94.5 Å². The number of carbonyl (C=O) groups excluding carboxylic acids is 3. The number of aryl methyl sites for hydroxylation is 1. The van der Waals surface area contributed by atoms with E-state index in [1.165, 1.54) is 0 Å². The number of amidine groups is 1. The van der Waals surface area contributed by atoms with E-state index in [-0.39, 0.29) is 24.1 Å². The lowest BCUT2D eigenvalue weighted by Crippen LogP contribution is -2.28. The molecule has 3 aromatic rings. The zero-order valence-corrected chi connectivity index (χ0v) is 22.6. The highest BCUT2D eigenvalue weighted by molar-refractivity contribution is 5.99. The highest BCUT2D eigenvalue weighted by atomic mass is 16.5. The van der Waals surface area contributed by atoms with Crippen LogP contribution in [0.4, 0.5) is 5.69 Å². The Hall–Kier alpha value is -4.86. The fraction of sp³-hybridized carbons (Fsp3) is 0.267. The zero-order chi connectivity index (χ0) is 29.1. The Balaban J connectivity index is 0.00000103. The number of nitrogens with zero attached hydrogens (tertiary/aromatic N) is 2. The molecule has 0 aliphatic carbocycles. The molecular weight excluding hydrogens is 512 g/mol. The number of hydrogen-bond acceptors (Lipinski definition) is 7. The van der Waals surface area contributed by atoms with Crippen LogP contribution >= 0.6 is 0 Å². The Bertz CT molecular complexity index is 1360. The number of rotatable bonds is 8. The van der Waals surface area contributed by atoms with E-state index in [4.69, 9.17) is 25.6 Å². The molecule has 0 bridgehead atoms. The summed E-state index contributed by atoms with van der Waals surface area (Å²) in [5.41, 5.74) is 9.90. The Morgan fingerprint density at radius 1 is 1.05 bits per heavy atom. The number of carboxylic acid groups (broad SMARTS) is 1. The minimum atomic E-state index is -1.08. The highest BCUT2D eigenvalue weighted by Crippen LogP contribution is 2.24. The average molecular weight is 546 g/mol. The molecule has 1 aliphatic heterocycles. The molecule has 0 radical (unpaired) electrons. The first kappa shape index (κ1) is 29.7. The Labute approximate surface area is 233 Å². The number of ether oxygens (including phenoxy) is 1. The third-order valence-electron chi connectivity index (χ3n) is 6.19. The normalized spacial score (nSPS) is 12.8. The van der Waals surface area contributed by atoms with Gasteiger partial charge in [-0.1, -0.05) is 35.5 Å². The Kier molecular flexibility index (Phi) is 10.6. The average Bonchev–Trinajstić information content (AvgIpc) is 3.47. The highest BCUT2D eigenvalue weighted by Gasteiger charge is 2.21. The number of carboxylic acids is 1. The number of oxime groups is 1. The van der Waals surface area contributed by atoms with Crippen molar-refractivity contribution in [2.24, 2.45) is 10.9 Å². The molecule has 40 heavy (non-hydrogen) atoms. The lowest BCUT2D eigenvalue weighted by molar-refractivity contribution is -0.302. The summed E-state index contributed by atoms with van der Waals surface area (Å²) in [5, 5.41) is 23.9. The summed E-state index contributed by atoms with van der Waals surface area (Å²) in [7, 11) is 0. The summed E-state index contributed by atoms with van der Waals surface area (Å²) in [5.74, 6) is -0.830. The van der Waals surface area contributed by atoms with Crippen LogP contribution in [-0.4, -0.2) is 46.8 Å². The summed E-state index contributed by atoms with van der Waals surface area (Å²) < 4.78 is 5.99. The second-order valence-electron chi connectivity index (χ2n) is 9.33. The monoisotopic (exact) mass is 545 g/mol. The summed E-state index contributed by atoms with van der Waals surface area (Å²) in [4.78, 5) is 36.4. The number of aliphatic carboxylic acids is 1. The summed E-state index contributed by atoms with van der Waals surface area (Å²) >= 11 is 0. The largest absolute Gasteiger partial charge is 0.550 e. The van der Waals surface area contributed by atoms with Gasteiger partial charge in [0.1, 0.15) is 12.4 Å². The van der Waals surface area contributed by atoms with Crippen molar-refractivity contribution in [2.75, 3.05) is 18.4 Å². The fourth-order valence-corrected chi connectivity index (χ4v) is 4.26. The van der Waals surface area contributed by atoms with Crippen molar-refractivity contribution in [3.63, 3.8) is 0 Å². The van der Waals surface area contributed by atoms with E-state index in [1.807, 2.05) is 42.2 Å². The van der Waals surface area contributed by atoms with E-state index < -0.39 is 5.97 Å². The van der Waals surface area contributed by atoms with Crippen molar-refractivity contribution in [3.8, 4) is 5.75 Å². The molecule has 4 rings (SSSR count). The molecule has 0 unspecified atom stereocenters. The quantitative estimate of drug-likeness (QED) is 0.170. The van der Waals surface area contributed by atoms with E-state index >= 15 is 0 Å². The number of carbonyl (C=O) groups is 3. The second kappa shape index (κ2) is 14.3. The fourth-order valence-electron chi connectivity index (χ4n) is 4.26. The molecule has 3 aromatic carbocycles. The number of anilines is 1. The first-order valence-corrected chi connectivity index (χ1v) is 12.8. The smallest absolute Gasteiger partial charge is 0.254 e. The van der Waals surface area contributed by atoms with Crippen LogP contribution in [0.1, 0.15) is 52.4 Å². The maximum atomic E-state index is 12.9. The van der Waals surface area contributed by atoms with Gasteiger partial charge < -0.3 is 35.8 Å². The van der Waals surface area contributed by atoms with Gasteiger partial charge in [0.15, 0.2) is 5.84 Å². The minimum Gasteiger partial charge on any atom is -0.550 e. The molecule has 1 fully saturated rings. The van der Waals surface area contributed by atoms with Gasteiger partial charge >= 0.3 is 0 Å². The molecule has 0 spiro atoms. The molecule has 1 aliphatic rings. The van der Waals surface area contributed by atoms with Gasteiger partial charge in [0, 0.05) is 41.4 Å². The molecule has 4 N–H and O–H groups in total. The number of amides is 2. The van der Waals surface area contributed by atoms with Gasteiger partial charge in [-0.2, -0.15) is 0 Å². The third kappa shape index (κ3) is 8.59. The molecule has 1 heterocycles. The van der Waals surface area contributed by atoms with Gasteiger partial charge in [0.05, 0.1) is 6.42 Å². The summed E-state index contributed by atoms with van der Waals surface area (Å²) in [6.07, 6.45) is 2.09.